The minimum atomic E-state index is -0.404. The molecule has 6 heteroatoms. The van der Waals surface area contributed by atoms with E-state index >= 15 is 0 Å². The lowest BCUT2D eigenvalue weighted by Gasteiger charge is -2.13. The maximum Gasteiger partial charge on any atom is 0.337 e. The van der Waals surface area contributed by atoms with Crippen molar-refractivity contribution in [3.63, 3.8) is 0 Å². The van der Waals surface area contributed by atoms with Gasteiger partial charge in [-0.2, -0.15) is 0 Å². The van der Waals surface area contributed by atoms with E-state index in [9.17, 15) is 4.79 Å². The Morgan fingerprint density at radius 3 is 2.61 bits per heavy atom. The summed E-state index contributed by atoms with van der Waals surface area (Å²) in [4.78, 5) is 11.6. The Morgan fingerprint density at radius 2 is 1.96 bits per heavy atom. The quantitative estimate of drug-likeness (QED) is 0.779. The van der Waals surface area contributed by atoms with Crippen LogP contribution in [-0.2, 0) is 11.2 Å². The lowest BCUT2D eigenvalue weighted by molar-refractivity contribution is 0.0600. The first kappa shape index (κ1) is 17.4. The highest BCUT2D eigenvalue weighted by Crippen LogP contribution is 2.27. The smallest absolute Gasteiger partial charge is 0.337 e. The third-order valence-corrected chi connectivity index (χ3v) is 3.90. The fourth-order valence-corrected chi connectivity index (χ4v) is 2.59. The number of carbonyl (C=O) groups is 1. The summed E-state index contributed by atoms with van der Waals surface area (Å²) >= 11 is 12.0. The summed E-state index contributed by atoms with van der Waals surface area (Å²) in [6.45, 7) is 0.417. The molecule has 0 aliphatic rings. The molecule has 4 nitrogen and oxygen atoms in total. The zero-order valence-corrected chi connectivity index (χ0v) is 14.4. The zero-order valence-electron chi connectivity index (χ0n) is 12.9. The molecule has 0 aliphatic carbocycles. The summed E-state index contributed by atoms with van der Waals surface area (Å²) in [7, 11) is 3.13. The van der Waals surface area contributed by atoms with E-state index in [0.29, 0.717) is 34.4 Å². The SMILES string of the molecule is CNc1ccc(C(=O)OC)cc1OCCc1ccc(Cl)cc1Cl. The minimum absolute atomic E-state index is 0.404. The number of halogens is 2. The molecule has 0 unspecified atom stereocenters. The molecular weight excluding hydrogens is 337 g/mol. The maximum absolute atomic E-state index is 11.6. The number of benzene rings is 2. The van der Waals surface area contributed by atoms with E-state index in [0.717, 1.165) is 11.3 Å². The van der Waals surface area contributed by atoms with Crippen molar-refractivity contribution in [1.82, 2.24) is 0 Å². The summed E-state index contributed by atoms with van der Waals surface area (Å²) < 4.78 is 10.5. The molecule has 0 saturated heterocycles. The standard InChI is InChI=1S/C17H17Cl2NO3/c1-20-15-6-4-12(17(21)22-2)9-16(15)23-8-7-11-3-5-13(18)10-14(11)19/h3-6,9-10,20H,7-8H2,1-2H3. The Kier molecular flexibility index (Phi) is 6.13. The van der Waals surface area contributed by atoms with Crippen molar-refractivity contribution in [3.05, 3.63) is 57.6 Å². The van der Waals surface area contributed by atoms with E-state index in [1.807, 2.05) is 6.07 Å². The molecule has 2 rings (SSSR count). The van der Waals surface area contributed by atoms with E-state index < -0.39 is 5.97 Å². The van der Waals surface area contributed by atoms with Crippen molar-refractivity contribution in [2.24, 2.45) is 0 Å². The molecule has 0 radical (unpaired) electrons. The fraction of sp³-hybridized carbons (Fsp3) is 0.235. The van der Waals surface area contributed by atoms with Crippen LogP contribution in [0.4, 0.5) is 5.69 Å². The van der Waals surface area contributed by atoms with Gasteiger partial charge < -0.3 is 14.8 Å². The van der Waals surface area contributed by atoms with Crippen LogP contribution in [0.3, 0.4) is 0 Å². The van der Waals surface area contributed by atoms with Gasteiger partial charge in [0.1, 0.15) is 5.75 Å². The summed E-state index contributed by atoms with van der Waals surface area (Å²) in [5.41, 5.74) is 2.18. The minimum Gasteiger partial charge on any atom is -0.491 e. The number of hydrogen-bond acceptors (Lipinski definition) is 4. The first-order valence-corrected chi connectivity index (χ1v) is 7.77. The lowest BCUT2D eigenvalue weighted by Crippen LogP contribution is -2.06. The normalized spacial score (nSPS) is 10.3. The van der Waals surface area contributed by atoms with Crippen molar-refractivity contribution < 1.29 is 14.3 Å². The van der Waals surface area contributed by atoms with E-state index in [-0.39, 0.29) is 0 Å². The van der Waals surface area contributed by atoms with Crippen molar-refractivity contribution in [2.45, 2.75) is 6.42 Å². The summed E-state index contributed by atoms with van der Waals surface area (Å²) in [6, 6.07) is 10.5. The number of ether oxygens (including phenoxy) is 2. The fourth-order valence-electron chi connectivity index (χ4n) is 2.09. The highest BCUT2D eigenvalue weighted by molar-refractivity contribution is 6.35. The van der Waals surface area contributed by atoms with Crippen molar-refractivity contribution in [1.29, 1.82) is 0 Å². The second-order valence-corrected chi connectivity index (χ2v) is 5.63. The number of carbonyl (C=O) groups excluding carboxylic acids is 1. The number of anilines is 1. The predicted molar refractivity (Wildman–Crippen MR) is 93.0 cm³/mol. The molecule has 122 valence electrons. The van der Waals surface area contributed by atoms with Crippen LogP contribution in [0.1, 0.15) is 15.9 Å². The van der Waals surface area contributed by atoms with Gasteiger partial charge in [0, 0.05) is 23.5 Å². The number of methoxy groups -OCH3 is 1. The average molecular weight is 354 g/mol. The zero-order chi connectivity index (χ0) is 16.8. The Labute approximate surface area is 145 Å². The molecular formula is C17H17Cl2NO3. The van der Waals surface area contributed by atoms with Gasteiger partial charge in [0.05, 0.1) is 25.0 Å². The first-order chi connectivity index (χ1) is 11.0. The molecule has 0 aliphatic heterocycles. The van der Waals surface area contributed by atoms with Gasteiger partial charge >= 0.3 is 5.97 Å². The van der Waals surface area contributed by atoms with Crippen LogP contribution in [0.25, 0.3) is 0 Å². The number of hydrogen-bond donors (Lipinski definition) is 1. The van der Waals surface area contributed by atoms with Gasteiger partial charge in [0.2, 0.25) is 0 Å². The van der Waals surface area contributed by atoms with Gasteiger partial charge in [-0.1, -0.05) is 29.3 Å². The molecule has 0 amide bonds. The lowest BCUT2D eigenvalue weighted by atomic mass is 10.1. The molecule has 0 spiro atoms. The van der Waals surface area contributed by atoms with Crippen molar-refractivity contribution in [3.8, 4) is 5.75 Å². The van der Waals surface area contributed by atoms with Crippen LogP contribution in [0.5, 0.6) is 5.75 Å². The van der Waals surface area contributed by atoms with Crippen molar-refractivity contribution in [2.75, 3.05) is 26.1 Å². The third kappa shape index (κ3) is 4.53. The predicted octanol–water partition coefficient (Wildman–Crippen LogP) is 4.44. The molecule has 23 heavy (non-hydrogen) atoms. The number of esters is 1. The summed E-state index contributed by atoms with van der Waals surface area (Å²) in [6.07, 6.45) is 0.627. The van der Waals surface area contributed by atoms with Gasteiger partial charge in [-0.15, -0.1) is 0 Å². The molecule has 2 aromatic rings. The van der Waals surface area contributed by atoms with E-state index in [1.54, 1.807) is 37.4 Å². The van der Waals surface area contributed by atoms with Crippen LogP contribution in [0, 0.1) is 0 Å². The highest BCUT2D eigenvalue weighted by atomic mass is 35.5. The van der Waals surface area contributed by atoms with Crippen LogP contribution >= 0.6 is 23.2 Å². The van der Waals surface area contributed by atoms with Crippen LogP contribution in [0.2, 0.25) is 10.0 Å². The number of nitrogens with one attached hydrogen (secondary N) is 1. The number of rotatable bonds is 6. The van der Waals surface area contributed by atoms with Gasteiger partial charge in [-0.3, -0.25) is 0 Å². The monoisotopic (exact) mass is 353 g/mol. The third-order valence-electron chi connectivity index (χ3n) is 3.32. The van der Waals surface area contributed by atoms with E-state index in [4.69, 9.17) is 32.7 Å². The summed E-state index contributed by atoms with van der Waals surface area (Å²) in [5.74, 6) is 0.179. The van der Waals surface area contributed by atoms with E-state index in [2.05, 4.69) is 5.32 Å². The van der Waals surface area contributed by atoms with Gasteiger partial charge in [0.25, 0.3) is 0 Å². The topological polar surface area (TPSA) is 47.6 Å². The largest absolute Gasteiger partial charge is 0.491 e. The molecule has 0 heterocycles. The summed E-state index contributed by atoms with van der Waals surface area (Å²) in [5, 5.41) is 4.24. The van der Waals surface area contributed by atoms with Crippen molar-refractivity contribution >= 4 is 34.9 Å². The van der Waals surface area contributed by atoms with Gasteiger partial charge in [-0.25, -0.2) is 4.79 Å². The highest BCUT2D eigenvalue weighted by Gasteiger charge is 2.10. The molecule has 2 aromatic carbocycles. The Balaban J connectivity index is 2.08. The van der Waals surface area contributed by atoms with Crippen LogP contribution in [-0.4, -0.2) is 26.7 Å². The Bertz CT molecular complexity index is 704. The van der Waals surface area contributed by atoms with Crippen LogP contribution in [0.15, 0.2) is 36.4 Å². The molecule has 0 fully saturated rings. The van der Waals surface area contributed by atoms with E-state index in [1.165, 1.54) is 7.11 Å². The first-order valence-electron chi connectivity index (χ1n) is 7.02. The van der Waals surface area contributed by atoms with Gasteiger partial charge in [0.15, 0.2) is 0 Å². The van der Waals surface area contributed by atoms with Crippen LogP contribution < -0.4 is 10.1 Å². The second-order valence-electron chi connectivity index (χ2n) is 4.79. The average Bonchev–Trinajstić information content (AvgIpc) is 2.56. The molecule has 0 atom stereocenters. The van der Waals surface area contributed by atoms with Gasteiger partial charge in [-0.05, 0) is 35.9 Å². The maximum atomic E-state index is 11.6. The molecule has 0 saturated carbocycles. The molecule has 1 N–H and O–H groups in total. The molecule has 0 aromatic heterocycles. The Morgan fingerprint density at radius 1 is 1.17 bits per heavy atom. The second kappa shape index (κ2) is 8.09. The molecule has 0 bridgehead atoms. The Hall–Kier alpha value is -1.91.